The Labute approximate surface area is 360 Å². The van der Waals surface area contributed by atoms with E-state index in [9.17, 15) is 19.8 Å². The van der Waals surface area contributed by atoms with E-state index >= 15 is 0 Å². The number of rotatable bonds is 45. The highest BCUT2D eigenvalue weighted by molar-refractivity contribution is 5.77. The minimum absolute atomic E-state index is 0.0432. The Kier molecular flexibility index (Phi) is 44.6. The van der Waals surface area contributed by atoms with Crippen LogP contribution in [-0.4, -0.2) is 46.9 Å². The van der Waals surface area contributed by atoms with Crippen LogP contribution in [0.5, 0.6) is 0 Å². The molecule has 0 radical (unpaired) electrons. The summed E-state index contributed by atoms with van der Waals surface area (Å²) in [6.07, 6.45) is 53.5. The van der Waals surface area contributed by atoms with Crippen molar-refractivity contribution in [1.82, 2.24) is 5.32 Å². The maximum atomic E-state index is 13.2. The molecule has 0 saturated carbocycles. The number of unbranched alkanes of at least 4 members (excludes halogenated alkanes) is 28. The van der Waals surface area contributed by atoms with Gasteiger partial charge >= 0.3 is 5.97 Å². The van der Waals surface area contributed by atoms with E-state index in [2.05, 4.69) is 62.5 Å². The molecule has 58 heavy (non-hydrogen) atoms. The van der Waals surface area contributed by atoms with Gasteiger partial charge in [-0.25, -0.2) is 0 Å². The summed E-state index contributed by atoms with van der Waals surface area (Å²) in [5.41, 5.74) is 0. The Morgan fingerprint density at radius 2 is 0.931 bits per heavy atom. The average Bonchev–Trinajstić information content (AvgIpc) is 3.22. The minimum atomic E-state index is -0.798. The van der Waals surface area contributed by atoms with E-state index in [1.807, 2.05) is 0 Å². The third kappa shape index (κ3) is 40.8. The van der Waals surface area contributed by atoms with E-state index in [1.54, 1.807) is 0 Å². The molecule has 0 aromatic rings. The Morgan fingerprint density at radius 3 is 1.43 bits per heavy atom. The van der Waals surface area contributed by atoms with Crippen molar-refractivity contribution in [3.63, 3.8) is 0 Å². The summed E-state index contributed by atoms with van der Waals surface area (Å²) in [7, 11) is 0. The SMILES string of the molecule is CCC/C=C\CCCCCCCC(=O)OC(CCC/C=C/C=C/CCCCCCCCC)CC(=O)NC(CO)C(O)CCCCCCCCCCCCCCCCC. The molecule has 6 heteroatoms. The van der Waals surface area contributed by atoms with Crippen molar-refractivity contribution in [2.45, 2.75) is 277 Å². The molecular weight excluding hydrogens is 719 g/mol. The second-order valence-electron chi connectivity index (χ2n) is 17.2. The van der Waals surface area contributed by atoms with Crippen molar-refractivity contribution in [3.8, 4) is 0 Å². The van der Waals surface area contributed by atoms with Crippen LogP contribution in [0.25, 0.3) is 0 Å². The van der Waals surface area contributed by atoms with Gasteiger partial charge in [-0.1, -0.05) is 218 Å². The lowest BCUT2D eigenvalue weighted by atomic mass is 10.0. The smallest absolute Gasteiger partial charge is 0.306 e. The third-order valence-corrected chi connectivity index (χ3v) is 11.5. The molecule has 0 aromatic carbocycles. The molecule has 0 heterocycles. The summed E-state index contributed by atoms with van der Waals surface area (Å²) < 4.78 is 5.88. The van der Waals surface area contributed by atoms with E-state index < -0.39 is 18.2 Å². The standard InChI is InChI=1S/C52H97NO5/c1-4-7-10-13-16-19-22-24-26-28-30-32-35-38-41-44-50(55)49(47-54)53-51(56)46-48(58-52(57)45-42-39-36-33-21-18-15-12-9-6-3)43-40-37-34-31-29-27-25-23-20-17-14-11-8-5-2/h12,15,27,29,31,34,48-50,54-55H,4-11,13-14,16-26,28,30,32-33,35-47H2,1-3H3,(H,53,56)/b15-12-,29-27+,34-31+. The molecule has 0 rings (SSSR count). The Balaban J connectivity index is 4.59. The first-order valence-electron chi connectivity index (χ1n) is 25.2. The molecule has 0 aliphatic carbocycles. The zero-order valence-corrected chi connectivity index (χ0v) is 38.7. The molecule has 0 fully saturated rings. The van der Waals surface area contributed by atoms with Crippen molar-refractivity contribution >= 4 is 11.9 Å². The number of esters is 1. The number of allylic oxidation sites excluding steroid dienone is 6. The van der Waals surface area contributed by atoms with Crippen LogP contribution in [0.4, 0.5) is 0 Å². The monoisotopic (exact) mass is 816 g/mol. The Morgan fingerprint density at radius 1 is 0.500 bits per heavy atom. The predicted molar refractivity (Wildman–Crippen MR) is 250 cm³/mol. The zero-order chi connectivity index (χ0) is 42.4. The second kappa shape index (κ2) is 46.2. The molecule has 1 amide bonds. The van der Waals surface area contributed by atoms with Gasteiger partial charge in [0.25, 0.3) is 0 Å². The van der Waals surface area contributed by atoms with Crippen LogP contribution in [0, 0.1) is 0 Å². The number of amides is 1. The van der Waals surface area contributed by atoms with Gasteiger partial charge in [0.2, 0.25) is 5.91 Å². The van der Waals surface area contributed by atoms with Crippen molar-refractivity contribution in [2.24, 2.45) is 0 Å². The fourth-order valence-electron chi connectivity index (χ4n) is 7.61. The highest BCUT2D eigenvalue weighted by Gasteiger charge is 2.24. The number of carbonyl (C=O) groups is 2. The molecule has 0 aromatic heterocycles. The molecule has 0 aliphatic rings. The lowest BCUT2D eigenvalue weighted by molar-refractivity contribution is -0.151. The molecule has 3 unspecified atom stereocenters. The van der Waals surface area contributed by atoms with Gasteiger partial charge < -0.3 is 20.3 Å². The molecule has 3 N–H and O–H groups in total. The van der Waals surface area contributed by atoms with E-state index in [4.69, 9.17) is 4.74 Å². The van der Waals surface area contributed by atoms with E-state index in [1.165, 1.54) is 141 Å². The number of carbonyl (C=O) groups excluding carboxylic acids is 2. The lowest BCUT2D eigenvalue weighted by Crippen LogP contribution is -2.46. The normalized spacial score (nSPS) is 13.5. The molecule has 0 bridgehead atoms. The highest BCUT2D eigenvalue weighted by Crippen LogP contribution is 2.17. The average molecular weight is 816 g/mol. The molecule has 6 nitrogen and oxygen atoms in total. The quantitative estimate of drug-likeness (QED) is 0.0246. The van der Waals surface area contributed by atoms with Gasteiger partial charge in [-0.15, -0.1) is 0 Å². The Bertz CT molecular complexity index is 961. The van der Waals surface area contributed by atoms with Crippen molar-refractivity contribution in [3.05, 3.63) is 36.5 Å². The summed E-state index contributed by atoms with van der Waals surface area (Å²) in [6.45, 7) is 6.41. The van der Waals surface area contributed by atoms with Gasteiger partial charge in [0.05, 0.1) is 25.2 Å². The summed E-state index contributed by atoms with van der Waals surface area (Å²) in [6, 6.07) is -0.714. The number of aliphatic hydroxyl groups is 2. The molecule has 0 aliphatic heterocycles. The first-order valence-corrected chi connectivity index (χ1v) is 25.2. The number of hydrogen-bond donors (Lipinski definition) is 3. The number of hydrogen-bond acceptors (Lipinski definition) is 5. The fraction of sp³-hybridized carbons (Fsp3) is 0.846. The van der Waals surface area contributed by atoms with Crippen LogP contribution in [0.2, 0.25) is 0 Å². The number of aliphatic hydroxyl groups excluding tert-OH is 2. The van der Waals surface area contributed by atoms with Crippen LogP contribution in [0.3, 0.4) is 0 Å². The van der Waals surface area contributed by atoms with Crippen molar-refractivity contribution < 1.29 is 24.5 Å². The van der Waals surface area contributed by atoms with Crippen LogP contribution in [0.1, 0.15) is 258 Å². The van der Waals surface area contributed by atoms with Gasteiger partial charge in [0.1, 0.15) is 6.10 Å². The third-order valence-electron chi connectivity index (χ3n) is 11.5. The summed E-state index contributed by atoms with van der Waals surface area (Å²) >= 11 is 0. The van der Waals surface area contributed by atoms with E-state index in [0.717, 1.165) is 70.6 Å². The largest absolute Gasteiger partial charge is 0.462 e. The minimum Gasteiger partial charge on any atom is -0.462 e. The lowest BCUT2D eigenvalue weighted by Gasteiger charge is -2.24. The summed E-state index contributed by atoms with van der Waals surface area (Å²) in [5.74, 6) is -0.528. The van der Waals surface area contributed by atoms with Crippen molar-refractivity contribution in [1.29, 1.82) is 0 Å². The van der Waals surface area contributed by atoms with Crippen LogP contribution < -0.4 is 5.32 Å². The molecular formula is C52H97NO5. The molecule has 0 saturated heterocycles. The van der Waals surface area contributed by atoms with E-state index in [0.29, 0.717) is 19.3 Å². The first kappa shape index (κ1) is 56.1. The van der Waals surface area contributed by atoms with Crippen LogP contribution >= 0.6 is 0 Å². The fourth-order valence-corrected chi connectivity index (χ4v) is 7.61. The van der Waals surface area contributed by atoms with Gasteiger partial charge in [-0.2, -0.15) is 0 Å². The van der Waals surface area contributed by atoms with Gasteiger partial charge in [0, 0.05) is 6.42 Å². The van der Waals surface area contributed by atoms with Crippen LogP contribution in [-0.2, 0) is 14.3 Å². The predicted octanol–water partition coefficient (Wildman–Crippen LogP) is 14.9. The van der Waals surface area contributed by atoms with E-state index in [-0.39, 0.29) is 24.9 Å². The second-order valence-corrected chi connectivity index (χ2v) is 17.2. The van der Waals surface area contributed by atoms with Gasteiger partial charge in [-0.05, 0) is 64.2 Å². The van der Waals surface area contributed by atoms with Crippen molar-refractivity contribution in [2.75, 3.05) is 6.61 Å². The summed E-state index contributed by atoms with van der Waals surface area (Å²) in [4.78, 5) is 26.0. The van der Waals surface area contributed by atoms with Gasteiger partial charge in [0.15, 0.2) is 0 Å². The van der Waals surface area contributed by atoms with Crippen LogP contribution in [0.15, 0.2) is 36.5 Å². The number of nitrogens with one attached hydrogen (secondary N) is 1. The molecule has 3 atom stereocenters. The molecule has 340 valence electrons. The highest BCUT2D eigenvalue weighted by atomic mass is 16.5. The maximum absolute atomic E-state index is 13.2. The molecule has 0 spiro atoms. The first-order chi connectivity index (χ1) is 28.5. The number of ether oxygens (including phenoxy) is 1. The topological polar surface area (TPSA) is 95.9 Å². The summed E-state index contributed by atoms with van der Waals surface area (Å²) in [5, 5.41) is 23.7. The van der Waals surface area contributed by atoms with Gasteiger partial charge in [-0.3, -0.25) is 9.59 Å². The zero-order valence-electron chi connectivity index (χ0n) is 38.7. The Hall–Kier alpha value is -1.92. The maximum Gasteiger partial charge on any atom is 0.306 e.